The molecule has 0 saturated carbocycles. The van der Waals surface area contributed by atoms with Crippen LogP contribution in [0.15, 0.2) is 24.3 Å². The van der Waals surface area contributed by atoms with Gasteiger partial charge < -0.3 is 15.2 Å². The highest BCUT2D eigenvalue weighted by Crippen LogP contribution is 2.34. The molecule has 1 aliphatic heterocycles. The van der Waals surface area contributed by atoms with E-state index in [-0.39, 0.29) is 6.10 Å². The van der Waals surface area contributed by atoms with Gasteiger partial charge >= 0.3 is 0 Å². The second-order valence-corrected chi connectivity index (χ2v) is 3.95. The summed E-state index contributed by atoms with van der Waals surface area (Å²) in [7, 11) is 0. The number of benzene rings is 1. The van der Waals surface area contributed by atoms with E-state index in [9.17, 15) is 0 Å². The summed E-state index contributed by atoms with van der Waals surface area (Å²) in [5, 5.41) is 0. The van der Waals surface area contributed by atoms with E-state index in [1.807, 2.05) is 38.1 Å². The number of nitrogens with two attached hydrogens (primary N) is 1. The fraction of sp³-hybridized carbons (Fsp3) is 0.455. The summed E-state index contributed by atoms with van der Waals surface area (Å²) in [6, 6.07) is 7.73. The monoisotopic (exact) mass is 193 g/mol. The molecular weight excluding hydrogens is 178 g/mol. The summed E-state index contributed by atoms with van der Waals surface area (Å²) >= 11 is 0. The first kappa shape index (κ1) is 9.49. The van der Waals surface area contributed by atoms with E-state index in [4.69, 9.17) is 15.2 Å². The van der Waals surface area contributed by atoms with Crippen molar-refractivity contribution in [2.45, 2.75) is 25.7 Å². The summed E-state index contributed by atoms with van der Waals surface area (Å²) in [4.78, 5) is 0. The molecule has 2 rings (SSSR count). The van der Waals surface area contributed by atoms with Crippen molar-refractivity contribution in [3.8, 4) is 0 Å². The molecule has 1 unspecified atom stereocenters. The van der Waals surface area contributed by atoms with Crippen LogP contribution in [0.2, 0.25) is 0 Å². The van der Waals surface area contributed by atoms with E-state index in [2.05, 4.69) is 0 Å². The van der Waals surface area contributed by atoms with Gasteiger partial charge in [0.2, 0.25) is 0 Å². The predicted octanol–water partition coefficient (Wildman–Crippen LogP) is 2.09. The average molecular weight is 193 g/mol. The highest BCUT2D eigenvalue weighted by atomic mass is 16.7. The first-order valence-electron chi connectivity index (χ1n) is 4.75. The fourth-order valence-electron chi connectivity index (χ4n) is 1.64. The summed E-state index contributed by atoms with van der Waals surface area (Å²) in [6.07, 6.45) is -0.0359. The van der Waals surface area contributed by atoms with Crippen LogP contribution < -0.4 is 5.73 Å². The molecule has 14 heavy (non-hydrogen) atoms. The van der Waals surface area contributed by atoms with Crippen molar-refractivity contribution in [3.63, 3.8) is 0 Å². The van der Waals surface area contributed by atoms with Gasteiger partial charge in [0.05, 0.1) is 6.61 Å². The van der Waals surface area contributed by atoms with E-state index in [1.165, 1.54) is 0 Å². The molecule has 2 N–H and O–H groups in total. The normalized spacial score (nSPS) is 25.1. The first-order valence-corrected chi connectivity index (χ1v) is 4.75. The van der Waals surface area contributed by atoms with Crippen LogP contribution in [0.3, 0.4) is 0 Å². The maximum atomic E-state index is 5.85. The molecular formula is C11H15NO2. The van der Waals surface area contributed by atoms with Gasteiger partial charge in [-0.2, -0.15) is 0 Å². The molecule has 3 heteroatoms. The van der Waals surface area contributed by atoms with Gasteiger partial charge in [-0.25, -0.2) is 0 Å². The molecule has 1 aromatic rings. The van der Waals surface area contributed by atoms with Crippen LogP contribution in [0.1, 0.15) is 25.5 Å². The Kier molecular flexibility index (Phi) is 2.21. The lowest BCUT2D eigenvalue weighted by Gasteiger charge is -2.17. The zero-order chi connectivity index (χ0) is 10.2. The van der Waals surface area contributed by atoms with Gasteiger partial charge in [-0.3, -0.25) is 0 Å². The van der Waals surface area contributed by atoms with Crippen molar-refractivity contribution in [2.24, 2.45) is 0 Å². The first-order chi connectivity index (χ1) is 6.58. The molecule has 0 aliphatic carbocycles. The molecule has 0 amide bonds. The van der Waals surface area contributed by atoms with Crippen LogP contribution in [-0.4, -0.2) is 12.4 Å². The van der Waals surface area contributed by atoms with Crippen LogP contribution in [0.5, 0.6) is 0 Å². The minimum absolute atomic E-state index is 0.0359. The number of ether oxygens (including phenoxy) is 2. The lowest BCUT2D eigenvalue weighted by atomic mass is 10.1. The Bertz CT molecular complexity index is 336. The van der Waals surface area contributed by atoms with E-state index in [1.54, 1.807) is 0 Å². The molecule has 0 bridgehead atoms. The van der Waals surface area contributed by atoms with Crippen molar-refractivity contribution in [3.05, 3.63) is 29.8 Å². The summed E-state index contributed by atoms with van der Waals surface area (Å²) < 4.78 is 11.2. The van der Waals surface area contributed by atoms with Crippen LogP contribution in [0.25, 0.3) is 0 Å². The van der Waals surface area contributed by atoms with Crippen LogP contribution in [0.4, 0.5) is 5.69 Å². The average Bonchev–Trinajstić information content (AvgIpc) is 2.47. The Balaban J connectivity index is 2.22. The van der Waals surface area contributed by atoms with E-state index >= 15 is 0 Å². The van der Waals surface area contributed by atoms with Crippen LogP contribution in [0, 0.1) is 0 Å². The fourth-order valence-corrected chi connectivity index (χ4v) is 1.64. The van der Waals surface area contributed by atoms with Crippen LogP contribution in [-0.2, 0) is 9.47 Å². The van der Waals surface area contributed by atoms with Crippen molar-refractivity contribution < 1.29 is 9.47 Å². The number of rotatable bonds is 1. The number of hydrogen-bond acceptors (Lipinski definition) is 3. The molecule has 3 nitrogen and oxygen atoms in total. The number of para-hydroxylation sites is 1. The quantitative estimate of drug-likeness (QED) is 0.694. The summed E-state index contributed by atoms with van der Waals surface area (Å²) in [5.74, 6) is -0.493. The largest absolute Gasteiger partial charge is 0.398 e. The maximum Gasteiger partial charge on any atom is 0.163 e. The highest BCUT2D eigenvalue weighted by molar-refractivity contribution is 5.47. The molecule has 1 aliphatic rings. The zero-order valence-electron chi connectivity index (χ0n) is 8.49. The maximum absolute atomic E-state index is 5.85. The van der Waals surface area contributed by atoms with Gasteiger partial charge in [0.15, 0.2) is 5.79 Å². The van der Waals surface area contributed by atoms with Crippen molar-refractivity contribution >= 4 is 5.69 Å². The van der Waals surface area contributed by atoms with Crippen LogP contribution >= 0.6 is 0 Å². The van der Waals surface area contributed by atoms with E-state index in [0.717, 1.165) is 11.3 Å². The second-order valence-electron chi connectivity index (χ2n) is 3.95. The van der Waals surface area contributed by atoms with Crippen molar-refractivity contribution in [2.75, 3.05) is 12.3 Å². The minimum atomic E-state index is -0.493. The number of hydrogen-bond donors (Lipinski definition) is 1. The Morgan fingerprint density at radius 2 is 2.07 bits per heavy atom. The summed E-state index contributed by atoms with van der Waals surface area (Å²) in [5.41, 5.74) is 7.63. The third kappa shape index (κ3) is 1.74. The van der Waals surface area contributed by atoms with Gasteiger partial charge in [0, 0.05) is 11.3 Å². The number of anilines is 1. The van der Waals surface area contributed by atoms with Gasteiger partial charge in [0.25, 0.3) is 0 Å². The van der Waals surface area contributed by atoms with Gasteiger partial charge in [-0.05, 0) is 19.9 Å². The van der Waals surface area contributed by atoms with Gasteiger partial charge in [-0.15, -0.1) is 0 Å². The molecule has 0 spiro atoms. The number of nitrogen functional groups attached to an aromatic ring is 1. The summed E-state index contributed by atoms with van der Waals surface area (Å²) in [6.45, 7) is 4.39. The smallest absolute Gasteiger partial charge is 0.163 e. The predicted molar refractivity (Wildman–Crippen MR) is 54.7 cm³/mol. The standard InChI is InChI=1S/C11H15NO2/c1-11(2)13-7-10(14-11)8-5-3-4-6-9(8)12/h3-6,10H,7,12H2,1-2H3. The second kappa shape index (κ2) is 3.26. The molecule has 76 valence electrons. The topological polar surface area (TPSA) is 44.5 Å². The molecule has 1 saturated heterocycles. The molecule has 1 fully saturated rings. The Labute approximate surface area is 83.8 Å². The van der Waals surface area contributed by atoms with Crippen molar-refractivity contribution in [1.29, 1.82) is 0 Å². The van der Waals surface area contributed by atoms with Gasteiger partial charge in [-0.1, -0.05) is 18.2 Å². The van der Waals surface area contributed by atoms with Crippen molar-refractivity contribution in [1.82, 2.24) is 0 Å². The van der Waals surface area contributed by atoms with E-state index < -0.39 is 5.79 Å². The lowest BCUT2D eigenvalue weighted by molar-refractivity contribution is -0.139. The molecule has 1 aromatic carbocycles. The Hall–Kier alpha value is -1.06. The van der Waals surface area contributed by atoms with E-state index in [0.29, 0.717) is 6.61 Å². The highest BCUT2D eigenvalue weighted by Gasteiger charge is 2.34. The third-order valence-corrected chi connectivity index (χ3v) is 2.35. The zero-order valence-corrected chi connectivity index (χ0v) is 8.49. The minimum Gasteiger partial charge on any atom is -0.398 e. The SMILES string of the molecule is CC1(C)OCC(c2ccccc2N)O1. The molecule has 0 radical (unpaired) electrons. The Morgan fingerprint density at radius 1 is 1.36 bits per heavy atom. The molecule has 1 heterocycles. The lowest BCUT2D eigenvalue weighted by Crippen LogP contribution is -2.19. The molecule has 1 atom stereocenters. The van der Waals surface area contributed by atoms with Gasteiger partial charge in [0.1, 0.15) is 6.10 Å². The molecule has 0 aromatic heterocycles. The third-order valence-electron chi connectivity index (χ3n) is 2.35. The Morgan fingerprint density at radius 3 is 2.64 bits per heavy atom.